The summed E-state index contributed by atoms with van der Waals surface area (Å²) in [5.41, 5.74) is 0. The predicted molar refractivity (Wildman–Crippen MR) is 78.9 cm³/mol. The molecule has 0 bridgehead atoms. The molecular weight excluding hydrogens is 270 g/mol. The highest BCUT2D eigenvalue weighted by molar-refractivity contribution is 5.78. The minimum Gasteiger partial charge on any atom is -0.481 e. The highest BCUT2D eigenvalue weighted by Crippen LogP contribution is 2.33. The van der Waals surface area contributed by atoms with E-state index in [-0.39, 0.29) is 11.9 Å². The van der Waals surface area contributed by atoms with Gasteiger partial charge in [0, 0.05) is 19.1 Å². The molecule has 0 aromatic carbocycles. The topological polar surface area (TPSA) is 75.6 Å². The average Bonchev–Trinajstić information content (AvgIpc) is 2.61. The third kappa shape index (κ3) is 4.70. The van der Waals surface area contributed by atoms with Crippen molar-refractivity contribution >= 4 is 11.9 Å². The molecule has 2 N–H and O–H groups in total. The Morgan fingerprint density at radius 3 is 2.57 bits per heavy atom. The van der Waals surface area contributed by atoms with Crippen LogP contribution in [0.5, 0.6) is 0 Å². The second-order valence-corrected chi connectivity index (χ2v) is 6.38. The number of carboxylic acid groups (broad SMARTS) is 1. The third-order valence-electron chi connectivity index (χ3n) is 4.75. The van der Waals surface area contributed by atoms with Crippen LogP contribution in [-0.4, -0.2) is 35.7 Å². The molecule has 21 heavy (non-hydrogen) atoms. The Labute approximate surface area is 126 Å². The van der Waals surface area contributed by atoms with Crippen molar-refractivity contribution in [1.29, 1.82) is 0 Å². The van der Waals surface area contributed by atoms with Gasteiger partial charge in [-0.15, -0.1) is 0 Å². The van der Waals surface area contributed by atoms with E-state index in [0.29, 0.717) is 24.9 Å². The molecule has 2 unspecified atom stereocenters. The number of nitrogens with one attached hydrogen (secondary N) is 1. The van der Waals surface area contributed by atoms with Crippen LogP contribution in [0.4, 0.5) is 0 Å². The number of carbonyl (C=O) groups excluding carboxylic acids is 1. The molecule has 0 heterocycles. The van der Waals surface area contributed by atoms with Crippen LogP contribution in [0, 0.1) is 11.8 Å². The van der Waals surface area contributed by atoms with Gasteiger partial charge >= 0.3 is 5.97 Å². The molecule has 0 aliphatic heterocycles. The molecule has 2 aliphatic rings. The molecule has 1 amide bonds. The highest BCUT2D eigenvalue weighted by atomic mass is 16.5. The smallest absolute Gasteiger partial charge is 0.308 e. The standard InChI is InChI=1S/C16H27NO4/c1-2-21-12-8-11(9-12)10-15(18)17-14-7-5-3-4-6-13(14)16(19)20/h11-14H,2-10H2,1H3,(H,17,18)(H,19,20). The summed E-state index contributed by atoms with van der Waals surface area (Å²) in [4.78, 5) is 23.5. The zero-order valence-electron chi connectivity index (χ0n) is 12.8. The van der Waals surface area contributed by atoms with Gasteiger partial charge < -0.3 is 15.2 Å². The van der Waals surface area contributed by atoms with Gasteiger partial charge in [-0.25, -0.2) is 0 Å². The van der Waals surface area contributed by atoms with Gasteiger partial charge in [0.05, 0.1) is 12.0 Å². The molecule has 0 radical (unpaired) electrons. The van der Waals surface area contributed by atoms with Gasteiger partial charge in [-0.05, 0) is 38.5 Å². The van der Waals surface area contributed by atoms with Gasteiger partial charge in [-0.1, -0.05) is 19.3 Å². The molecule has 0 spiro atoms. The van der Waals surface area contributed by atoms with Crippen molar-refractivity contribution in [1.82, 2.24) is 5.32 Å². The first kappa shape index (κ1) is 16.3. The van der Waals surface area contributed by atoms with Crippen molar-refractivity contribution < 1.29 is 19.4 Å². The summed E-state index contributed by atoms with van der Waals surface area (Å²) in [5, 5.41) is 12.3. The minimum atomic E-state index is -0.776. The Bertz CT molecular complexity index is 365. The van der Waals surface area contributed by atoms with Gasteiger partial charge in [-0.3, -0.25) is 9.59 Å². The maximum absolute atomic E-state index is 12.1. The lowest BCUT2D eigenvalue weighted by molar-refractivity contribution is -0.143. The van der Waals surface area contributed by atoms with E-state index in [4.69, 9.17) is 4.74 Å². The van der Waals surface area contributed by atoms with E-state index in [1.807, 2.05) is 6.92 Å². The Hall–Kier alpha value is -1.10. The quantitative estimate of drug-likeness (QED) is 0.738. The van der Waals surface area contributed by atoms with Crippen LogP contribution in [0.15, 0.2) is 0 Å². The zero-order chi connectivity index (χ0) is 15.2. The summed E-state index contributed by atoms with van der Waals surface area (Å²) in [6.07, 6.45) is 7.21. The van der Waals surface area contributed by atoms with Crippen molar-refractivity contribution in [3.8, 4) is 0 Å². The monoisotopic (exact) mass is 297 g/mol. The second-order valence-electron chi connectivity index (χ2n) is 6.38. The van der Waals surface area contributed by atoms with E-state index in [2.05, 4.69) is 5.32 Å². The molecule has 0 saturated heterocycles. The molecule has 2 rings (SSSR count). The number of hydrogen-bond donors (Lipinski definition) is 2. The zero-order valence-corrected chi connectivity index (χ0v) is 12.8. The number of aliphatic carboxylic acids is 1. The second kappa shape index (κ2) is 7.78. The van der Waals surface area contributed by atoms with Crippen molar-refractivity contribution in [3.05, 3.63) is 0 Å². The SMILES string of the molecule is CCOC1CC(CC(=O)NC2CCCCCC2C(=O)O)C1. The minimum absolute atomic E-state index is 0.00750. The van der Waals surface area contributed by atoms with E-state index >= 15 is 0 Å². The number of amides is 1. The van der Waals surface area contributed by atoms with Gasteiger partial charge in [0.2, 0.25) is 5.91 Å². The maximum Gasteiger partial charge on any atom is 0.308 e. The molecule has 5 nitrogen and oxygen atoms in total. The summed E-state index contributed by atoms with van der Waals surface area (Å²) >= 11 is 0. The lowest BCUT2D eigenvalue weighted by Gasteiger charge is -2.35. The fourth-order valence-electron chi connectivity index (χ4n) is 3.52. The third-order valence-corrected chi connectivity index (χ3v) is 4.75. The number of ether oxygens (including phenoxy) is 1. The van der Waals surface area contributed by atoms with Crippen LogP contribution in [0.3, 0.4) is 0 Å². The molecule has 2 aliphatic carbocycles. The fraction of sp³-hybridized carbons (Fsp3) is 0.875. The van der Waals surface area contributed by atoms with Gasteiger partial charge in [0.25, 0.3) is 0 Å². The summed E-state index contributed by atoms with van der Waals surface area (Å²) in [6, 6.07) is -0.194. The van der Waals surface area contributed by atoms with Crippen LogP contribution >= 0.6 is 0 Å². The Morgan fingerprint density at radius 2 is 1.90 bits per heavy atom. The summed E-state index contributed by atoms with van der Waals surface area (Å²) in [7, 11) is 0. The van der Waals surface area contributed by atoms with Crippen molar-refractivity contribution in [2.24, 2.45) is 11.8 Å². The van der Waals surface area contributed by atoms with E-state index < -0.39 is 11.9 Å². The van der Waals surface area contributed by atoms with E-state index in [9.17, 15) is 14.7 Å². The predicted octanol–water partition coefficient (Wildman–Crippen LogP) is 2.34. The summed E-state index contributed by atoms with van der Waals surface area (Å²) in [5.74, 6) is -0.792. The van der Waals surface area contributed by atoms with Crippen molar-refractivity contribution in [2.75, 3.05) is 6.61 Å². The molecule has 120 valence electrons. The van der Waals surface area contributed by atoms with Crippen molar-refractivity contribution in [3.63, 3.8) is 0 Å². The van der Waals surface area contributed by atoms with Crippen LogP contribution in [-0.2, 0) is 14.3 Å². The lowest BCUT2D eigenvalue weighted by atomic mass is 9.79. The summed E-state index contributed by atoms with van der Waals surface area (Å²) < 4.78 is 5.50. The van der Waals surface area contributed by atoms with Crippen molar-refractivity contribution in [2.45, 2.75) is 70.4 Å². The number of carboxylic acids is 1. The first-order valence-electron chi connectivity index (χ1n) is 8.24. The molecule has 2 fully saturated rings. The Balaban J connectivity index is 1.76. The Kier molecular flexibility index (Phi) is 6.03. The van der Waals surface area contributed by atoms with E-state index in [1.54, 1.807) is 0 Å². The first-order chi connectivity index (χ1) is 10.1. The highest BCUT2D eigenvalue weighted by Gasteiger charge is 2.34. The average molecular weight is 297 g/mol. The number of hydrogen-bond acceptors (Lipinski definition) is 3. The van der Waals surface area contributed by atoms with Crippen LogP contribution in [0.25, 0.3) is 0 Å². The molecule has 2 saturated carbocycles. The van der Waals surface area contributed by atoms with Crippen LogP contribution in [0.2, 0.25) is 0 Å². The molecule has 0 aromatic rings. The van der Waals surface area contributed by atoms with Gasteiger partial charge in [-0.2, -0.15) is 0 Å². The molecule has 2 atom stereocenters. The number of carbonyl (C=O) groups is 2. The maximum atomic E-state index is 12.1. The lowest BCUT2D eigenvalue weighted by Crippen LogP contribution is -2.44. The molecule has 5 heteroatoms. The van der Waals surface area contributed by atoms with Gasteiger partial charge in [0.1, 0.15) is 0 Å². The Morgan fingerprint density at radius 1 is 1.19 bits per heavy atom. The first-order valence-corrected chi connectivity index (χ1v) is 8.24. The fourth-order valence-corrected chi connectivity index (χ4v) is 3.52. The largest absolute Gasteiger partial charge is 0.481 e. The van der Waals surface area contributed by atoms with E-state index in [0.717, 1.165) is 45.1 Å². The number of rotatable bonds is 6. The van der Waals surface area contributed by atoms with Crippen LogP contribution in [0.1, 0.15) is 58.3 Å². The normalized spacial score (nSPS) is 32.8. The molecular formula is C16H27NO4. The summed E-state index contributed by atoms with van der Waals surface area (Å²) in [6.45, 7) is 2.71. The van der Waals surface area contributed by atoms with Gasteiger partial charge in [0.15, 0.2) is 0 Å². The molecule has 0 aromatic heterocycles. The van der Waals surface area contributed by atoms with E-state index in [1.165, 1.54) is 0 Å². The van der Waals surface area contributed by atoms with Crippen LogP contribution < -0.4 is 5.32 Å².